The van der Waals surface area contributed by atoms with Crippen molar-refractivity contribution in [2.24, 2.45) is 5.92 Å². The molecule has 0 fully saturated rings. The van der Waals surface area contributed by atoms with Crippen molar-refractivity contribution in [2.45, 2.75) is 141 Å². The Morgan fingerprint density at radius 1 is 0.318 bits per heavy atom. The second-order valence-electron chi connectivity index (χ2n) is 34.7. The maximum absolute atomic E-state index is 14.4. The Morgan fingerprint density at radius 3 is 0.959 bits per heavy atom. The molecule has 0 bridgehead atoms. The van der Waals surface area contributed by atoms with Crippen LogP contribution in [0.1, 0.15) is 215 Å². The SMILES string of the molecule is CC(C)C1c2ncn(-c3cnccn3)c2CCN1C(=O)c1cccc(C(F)(F)F)c1Cl.CC1c2ncn(-c3ccccc3)c2CCN1C(=O)c1cccc(C(F)(F)F)c1Cl.CC1c2ncn(-c3ccccn3)c2CCN1C(=O)c1cccc(C(F)(F)F)c1Cl.CC1c2ncn(-c3cnccn3)c2CCN1C(=O)c1cccc(C(F)(F)F)c1F.CCC1c2ncn(-c3cnccn3)c2CCN1C(=O)c1cccc(C(F)(F)F)c1Cl. The van der Waals surface area contributed by atoms with E-state index in [1.807, 2.05) is 94.5 Å². The van der Waals surface area contributed by atoms with Gasteiger partial charge in [0, 0.05) is 120 Å². The Labute approximate surface area is 852 Å². The molecule has 15 aromatic rings. The number of benzene rings is 6. The summed E-state index contributed by atoms with van der Waals surface area (Å²) in [6.07, 6.45) is 3.56. The molecular weight excluding hydrogens is 2050 g/mol. The van der Waals surface area contributed by atoms with E-state index in [1.54, 1.807) is 117 Å². The van der Waals surface area contributed by atoms with E-state index in [1.165, 1.54) is 68.1 Å². The van der Waals surface area contributed by atoms with Crippen molar-refractivity contribution in [2.75, 3.05) is 32.7 Å². The first-order valence-electron chi connectivity index (χ1n) is 45.8. The van der Waals surface area contributed by atoms with Gasteiger partial charge in [-0.1, -0.05) is 122 Å². The third kappa shape index (κ3) is 21.5. The van der Waals surface area contributed by atoms with Crippen LogP contribution in [0.2, 0.25) is 20.1 Å². The molecule has 27 nitrogen and oxygen atoms in total. The van der Waals surface area contributed by atoms with E-state index >= 15 is 0 Å². The molecule has 0 saturated carbocycles. The molecule has 9 aromatic heterocycles. The smallest absolute Gasteiger partial charge is 0.330 e. The first-order valence-corrected chi connectivity index (χ1v) is 47.3. The molecule has 0 N–H and O–H groups in total. The maximum atomic E-state index is 14.4. The van der Waals surface area contributed by atoms with Crippen LogP contribution in [-0.4, -0.2) is 169 Å². The lowest BCUT2D eigenvalue weighted by Crippen LogP contribution is -2.43. The third-order valence-corrected chi connectivity index (χ3v) is 27.3. The molecule has 0 radical (unpaired) electrons. The topological polar surface area (TPSA) is 281 Å². The summed E-state index contributed by atoms with van der Waals surface area (Å²) in [4.78, 5) is 124. The average Bonchev–Trinajstić information content (AvgIpc) is 1.28. The molecule has 0 aliphatic carbocycles. The van der Waals surface area contributed by atoms with Gasteiger partial charge in [-0.15, -0.1) is 0 Å². The van der Waals surface area contributed by atoms with Gasteiger partial charge in [-0.3, -0.25) is 57.2 Å². The summed E-state index contributed by atoms with van der Waals surface area (Å²) in [5.74, 6) is -2.06. The zero-order valence-corrected chi connectivity index (χ0v) is 81.6. The molecule has 5 atom stereocenters. The van der Waals surface area contributed by atoms with Crippen LogP contribution in [0, 0.1) is 11.7 Å². The van der Waals surface area contributed by atoms with E-state index in [9.17, 15) is 94.2 Å². The number of para-hydroxylation sites is 1. The predicted octanol–water partition coefficient (Wildman–Crippen LogP) is 22.8. The summed E-state index contributed by atoms with van der Waals surface area (Å²) in [6.45, 7) is 12.6. The van der Waals surface area contributed by atoms with Gasteiger partial charge in [-0.2, -0.15) is 65.9 Å². The van der Waals surface area contributed by atoms with Crippen molar-refractivity contribution in [1.82, 2.24) is 107 Å². The molecule has 5 aliphatic heterocycles. The average molecular weight is 2130 g/mol. The van der Waals surface area contributed by atoms with Crippen molar-refractivity contribution in [1.29, 1.82) is 0 Å². The molecular formula is C101H84Cl4F16N22O5. The lowest BCUT2D eigenvalue weighted by Gasteiger charge is -2.38. The summed E-state index contributed by atoms with van der Waals surface area (Å²) in [7, 11) is 0. The van der Waals surface area contributed by atoms with Gasteiger partial charge >= 0.3 is 30.9 Å². The number of nitrogens with zero attached hydrogens (tertiary/aromatic N) is 22. The van der Waals surface area contributed by atoms with E-state index in [0.717, 1.165) is 76.2 Å². The first kappa shape index (κ1) is 106. The van der Waals surface area contributed by atoms with Crippen LogP contribution in [0.5, 0.6) is 0 Å². The molecule has 0 saturated heterocycles. The highest BCUT2D eigenvalue weighted by Gasteiger charge is 2.46. The van der Waals surface area contributed by atoms with Crippen LogP contribution in [-0.2, 0) is 63.0 Å². The first-order chi connectivity index (χ1) is 70.4. The van der Waals surface area contributed by atoms with Gasteiger partial charge in [0.1, 0.15) is 36.9 Å². The monoisotopic (exact) mass is 2130 g/mol. The zero-order valence-electron chi connectivity index (χ0n) is 78.6. The van der Waals surface area contributed by atoms with Crippen molar-refractivity contribution >= 4 is 75.9 Å². The number of pyridine rings is 1. The Morgan fingerprint density at radius 2 is 0.608 bits per heavy atom. The lowest BCUT2D eigenvalue weighted by atomic mass is 9.92. The van der Waals surface area contributed by atoms with Crippen LogP contribution in [0.4, 0.5) is 70.2 Å². The highest BCUT2D eigenvalue weighted by Crippen LogP contribution is 2.47. The van der Waals surface area contributed by atoms with Gasteiger partial charge < -0.3 is 29.1 Å². The number of rotatable bonds is 12. The Balaban J connectivity index is 0.000000132. The van der Waals surface area contributed by atoms with Gasteiger partial charge in [-0.05, 0) is 118 Å². The number of carbonyl (C=O) groups is 5. The molecule has 6 aromatic carbocycles. The highest BCUT2D eigenvalue weighted by atomic mass is 35.5. The van der Waals surface area contributed by atoms with Crippen LogP contribution in [0.15, 0.2) is 233 Å². The second-order valence-corrected chi connectivity index (χ2v) is 36.2. The fraction of sp³-hybridized carbons (Fsp3) is 0.277. The number of hydrogen-bond acceptors (Lipinski definition) is 17. The van der Waals surface area contributed by atoms with Crippen molar-refractivity contribution in [3.05, 3.63) is 372 Å². The van der Waals surface area contributed by atoms with Crippen LogP contribution in [0.3, 0.4) is 0 Å². The minimum Gasteiger partial charge on any atom is -0.330 e. The number of alkyl halides is 15. The van der Waals surface area contributed by atoms with Gasteiger partial charge in [0.05, 0.1) is 182 Å². The van der Waals surface area contributed by atoms with Crippen molar-refractivity contribution in [3.8, 4) is 29.0 Å². The van der Waals surface area contributed by atoms with Gasteiger partial charge in [0.2, 0.25) is 0 Å². The van der Waals surface area contributed by atoms with Crippen LogP contribution >= 0.6 is 46.4 Å². The Kier molecular flexibility index (Phi) is 31.0. The normalized spacial score (nSPS) is 16.5. The molecule has 5 unspecified atom stereocenters. The van der Waals surface area contributed by atoms with Crippen molar-refractivity contribution in [3.63, 3.8) is 0 Å². The number of amides is 5. The molecule has 14 heterocycles. The van der Waals surface area contributed by atoms with E-state index < -0.39 is 138 Å². The summed E-state index contributed by atoms with van der Waals surface area (Å²) < 4.78 is 221. The van der Waals surface area contributed by atoms with Gasteiger partial charge in [0.15, 0.2) is 17.5 Å². The van der Waals surface area contributed by atoms with E-state index in [0.29, 0.717) is 117 Å². The standard InChI is InChI=1S/C21H19ClF3N5O.C21H17ClF3N3O.C20H17ClF3N5O.C20H16ClF3N4O.C19H15F4N5O/c1-12(2)19-18-15(30(11-28-18)16-10-26-7-8-27-16)6-9-29(19)20(31)13-4-3-5-14(17(13)22)21(23,24)25;1-13-19-17(28(12-26-19)14-6-3-2-4-7-14)10-11-27(13)20(29)15-8-5-9-16(18(15)22)21(23,24)25;1-2-14-18-15(29(11-27-18)16-10-25-7-8-26-16)6-9-28(14)19(30)12-4-3-5-13(17(12)21)20(22,23)24;1-12-18-15(28(11-26-18)16-7-2-3-9-25-16)8-10-27(12)19(29)13-5-4-6-14(17(13)21)20(22,23)24;1-11-17-14(28(10-26-17)15-9-24-6-7-25-15)5-8-27(11)18(29)12-3-2-4-13(16(12)20)19(21,22)23/h3-5,7-8,10-12,19H,6,9H2,1-2H3;2-9,12-13H,10-11H2,1H3;3-5,7-8,10-11,14H,2,6,9H2,1H3;2-7,9,11-12H,8,10H2,1H3;2-4,6-7,9-11H,5,8H2,1H3. The number of aromatic nitrogens is 17. The minimum atomic E-state index is -4.88. The molecule has 0 spiro atoms. The summed E-state index contributed by atoms with van der Waals surface area (Å²) in [5.41, 5.74) is 2.13. The zero-order chi connectivity index (χ0) is 106. The van der Waals surface area contributed by atoms with Gasteiger partial charge in [0.25, 0.3) is 29.5 Å². The van der Waals surface area contributed by atoms with E-state index in [2.05, 4.69) is 59.8 Å². The number of carbonyl (C=O) groups excluding carboxylic acids is 5. The predicted molar refractivity (Wildman–Crippen MR) is 509 cm³/mol. The fourth-order valence-corrected chi connectivity index (χ4v) is 19.8. The molecule has 5 amide bonds. The maximum Gasteiger partial charge on any atom is 0.419 e. The number of fused-ring (bicyclic) bond motifs is 5. The Bertz CT molecular complexity index is 6990. The van der Waals surface area contributed by atoms with E-state index in [-0.39, 0.29) is 46.8 Å². The largest absolute Gasteiger partial charge is 0.419 e. The Hall–Kier alpha value is -14.9. The van der Waals surface area contributed by atoms with Crippen LogP contribution in [0.25, 0.3) is 29.0 Å². The summed E-state index contributed by atoms with van der Waals surface area (Å²) in [5, 5.41) is -2.32. The molecule has 148 heavy (non-hydrogen) atoms. The molecule has 20 rings (SSSR count). The number of halogens is 20. The van der Waals surface area contributed by atoms with E-state index in [4.69, 9.17) is 46.4 Å². The molecule has 768 valence electrons. The number of imidazole rings is 5. The lowest BCUT2D eigenvalue weighted by molar-refractivity contribution is -0.140. The second kappa shape index (κ2) is 43.3. The van der Waals surface area contributed by atoms with Crippen LogP contribution < -0.4 is 0 Å². The third-order valence-electron chi connectivity index (χ3n) is 25.7. The van der Waals surface area contributed by atoms with Crippen molar-refractivity contribution < 1.29 is 94.2 Å². The quantitative estimate of drug-likeness (QED) is 0.103. The molecule has 47 heteroatoms. The fourth-order valence-electron chi connectivity index (χ4n) is 18.6. The summed E-state index contributed by atoms with van der Waals surface area (Å²) in [6, 6.07) is 29.4. The van der Waals surface area contributed by atoms with Gasteiger partial charge in [-0.25, -0.2) is 49.2 Å². The highest BCUT2D eigenvalue weighted by molar-refractivity contribution is 6.36. The summed E-state index contributed by atoms with van der Waals surface area (Å²) >= 11 is 23.9. The minimum absolute atomic E-state index is 0.0298. The number of hydrogen-bond donors (Lipinski definition) is 0. The molecule has 5 aliphatic rings.